The zero-order valence-corrected chi connectivity index (χ0v) is 6.23. The number of aldehydes is 1. The van der Waals surface area contributed by atoms with Crippen molar-refractivity contribution in [3.63, 3.8) is 0 Å². The van der Waals surface area contributed by atoms with Gasteiger partial charge in [-0.2, -0.15) is 0 Å². The van der Waals surface area contributed by atoms with E-state index < -0.39 is 5.60 Å². The molecule has 2 N–H and O–H groups in total. The van der Waals surface area contributed by atoms with E-state index in [1.54, 1.807) is 0 Å². The molecule has 0 aromatic carbocycles. The smallest absolute Gasteiger partial charge is 0.184 e. The average molecular weight is 168 g/mol. The first-order valence-corrected chi connectivity index (χ1v) is 3.37. The van der Waals surface area contributed by atoms with Gasteiger partial charge in [0.15, 0.2) is 12.1 Å². The maximum absolute atomic E-state index is 10.9. The number of aliphatic hydroxyl groups excluding tert-OH is 1. The molecule has 0 spiro atoms. The third-order valence-electron chi connectivity index (χ3n) is 1.67. The Hall–Kier alpha value is -1.42. The van der Waals surface area contributed by atoms with E-state index in [9.17, 15) is 14.7 Å². The van der Waals surface area contributed by atoms with E-state index in [2.05, 4.69) is 0 Å². The van der Waals surface area contributed by atoms with Crippen LogP contribution in [0.5, 0.6) is 0 Å². The lowest BCUT2D eigenvalue weighted by atomic mass is 9.88. The lowest BCUT2D eigenvalue weighted by molar-refractivity contribution is -0.121. The second-order valence-corrected chi connectivity index (χ2v) is 2.64. The van der Waals surface area contributed by atoms with Crippen LogP contribution < -0.4 is 0 Å². The van der Waals surface area contributed by atoms with Gasteiger partial charge in [0, 0.05) is 12.0 Å². The zero-order valence-electron chi connectivity index (χ0n) is 6.23. The van der Waals surface area contributed by atoms with E-state index in [1.807, 2.05) is 0 Å². The highest BCUT2D eigenvalue weighted by Crippen LogP contribution is 2.21. The highest BCUT2D eigenvalue weighted by atomic mass is 16.3. The molecule has 0 aromatic heterocycles. The molecule has 0 saturated carbocycles. The van der Waals surface area contributed by atoms with E-state index in [0.717, 1.165) is 12.2 Å². The molecule has 4 heteroatoms. The van der Waals surface area contributed by atoms with E-state index in [-0.39, 0.29) is 17.8 Å². The summed E-state index contributed by atoms with van der Waals surface area (Å²) in [6, 6.07) is 0. The van der Waals surface area contributed by atoms with Crippen LogP contribution in [0.4, 0.5) is 0 Å². The van der Waals surface area contributed by atoms with Crippen molar-refractivity contribution < 1.29 is 19.8 Å². The largest absolute Gasteiger partial charge is 0.515 e. The minimum absolute atomic E-state index is 0.0344. The monoisotopic (exact) mass is 168 g/mol. The lowest BCUT2D eigenvalue weighted by Gasteiger charge is -2.21. The van der Waals surface area contributed by atoms with Gasteiger partial charge in [-0.1, -0.05) is 0 Å². The normalized spacial score (nSPS) is 32.4. The van der Waals surface area contributed by atoms with E-state index >= 15 is 0 Å². The first-order chi connectivity index (χ1) is 5.61. The summed E-state index contributed by atoms with van der Waals surface area (Å²) in [7, 11) is 0. The highest BCUT2D eigenvalue weighted by molar-refractivity contribution is 6.06. The van der Waals surface area contributed by atoms with Crippen molar-refractivity contribution >= 4 is 12.1 Å². The standard InChI is InChI=1S/C8H8O4/c9-4-6-3-8(12,5-10)2-1-7(6)11/h1-2,4-5,9,12H,3H2. The Bertz CT molecular complexity index is 277. The van der Waals surface area contributed by atoms with Crippen molar-refractivity contribution in [3.8, 4) is 0 Å². The van der Waals surface area contributed by atoms with Crippen LogP contribution in [-0.4, -0.2) is 27.9 Å². The Labute approximate surface area is 68.8 Å². The summed E-state index contributed by atoms with van der Waals surface area (Å²) in [6.45, 7) is 0. The number of allylic oxidation sites excluding steroid dienone is 1. The molecular formula is C8H8O4. The maximum atomic E-state index is 10.9. The van der Waals surface area contributed by atoms with Crippen LogP contribution in [0, 0.1) is 0 Å². The molecule has 0 fully saturated rings. The second-order valence-electron chi connectivity index (χ2n) is 2.64. The van der Waals surface area contributed by atoms with Crippen LogP contribution in [0.15, 0.2) is 24.0 Å². The molecular weight excluding hydrogens is 160 g/mol. The van der Waals surface area contributed by atoms with Crippen molar-refractivity contribution in [1.82, 2.24) is 0 Å². The molecule has 1 aliphatic carbocycles. The first kappa shape index (κ1) is 8.67. The van der Waals surface area contributed by atoms with Crippen LogP contribution in [0.1, 0.15) is 6.42 Å². The number of rotatable bonds is 1. The third-order valence-corrected chi connectivity index (χ3v) is 1.67. The van der Waals surface area contributed by atoms with Gasteiger partial charge < -0.3 is 10.2 Å². The third kappa shape index (κ3) is 1.43. The van der Waals surface area contributed by atoms with E-state index in [1.165, 1.54) is 0 Å². The highest BCUT2D eigenvalue weighted by Gasteiger charge is 2.30. The Morgan fingerprint density at radius 1 is 1.58 bits per heavy atom. The molecule has 0 bridgehead atoms. The molecule has 0 saturated heterocycles. The zero-order chi connectivity index (χ0) is 9.19. The predicted octanol–water partition coefficient (Wildman–Crippen LogP) is -0.113. The summed E-state index contributed by atoms with van der Waals surface area (Å²) in [5.41, 5.74) is -1.60. The summed E-state index contributed by atoms with van der Waals surface area (Å²) in [6.07, 6.45) is 2.97. The SMILES string of the molecule is O=CC1(O)C=CC(=O)C(=CO)C1. The molecule has 64 valence electrons. The van der Waals surface area contributed by atoms with Gasteiger partial charge in [0.2, 0.25) is 0 Å². The van der Waals surface area contributed by atoms with E-state index in [0.29, 0.717) is 12.5 Å². The molecule has 1 aliphatic rings. The Morgan fingerprint density at radius 3 is 2.75 bits per heavy atom. The summed E-state index contributed by atoms with van der Waals surface area (Å²) in [5, 5.41) is 17.9. The van der Waals surface area contributed by atoms with Crippen molar-refractivity contribution in [1.29, 1.82) is 0 Å². The molecule has 12 heavy (non-hydrogen) atoms. The average Bonchev–Trinajstić information content (AvgIpc) is 2.10. The second kappa shape index (κ2) is 2.91. The Morgan fingerprint density at radius 2 is 2.25 bits per heavy atom. The van der Waals surface area contributed by atoms with Crippen LogP contribution in [0.25, 0.3) is 0 Å². The summed E-state index contributed by atoms with van der Waals surface area (Å²) in [4.78, 5) is 21.2. The van der Waals surface area contributed by atoms with Gasteiger partial charge in [0.25, 0.3) is 0 Å². The van der Waals surface area contributed by atoms with Crippen molar-refractivity contribution in [2.75, 3.05) is 0 Å². The molecule has 0 aromatic rings. The number of ketones is 1. The van der Waals surface area contributed by atoms with Crippen LogP contribution in [-0.2, 0) is 9.59 Å². The predicted molar refractivity (Wildman–Crippen MR) is 40.5 cm³/mol. The van der Waals surface area contributed by atoms with Crippen molar-refractivity contribution in [2.45, 2.75) is 12.0 Å². The van der Waals surface area contributed by atoms with Crippen molar-refractivity contribution in [2.24, 2.45) is 0 Å². The molecule has 1 unspecified atom stereocenters. The van der Waals surface area contributed by atoms with Crippen molar-refractivity contribution in [3.05, 3.63) is 24.0 Å². The van der Waals surface area contributed by atoms with Crippen LogP contribution >= 0.6 is 0 Å². The lowest BCUT2D eigenvalue weighted by Crippen LogP contribution is -2.32. The fraction of sp³-hybridized carbons (Fsp3) is 0.250. The summed E-state index contributed by atoms with van der Waals surface area (Å²) < 4.78 is 0. The van der Waals surface area contributed by atoms with Gasteiger partial charge in [-0.15, -0.1) is 0 Å². The topological polar surface area (TPSA) is 74.6 Å². The number of hydrogen-bond donors (Lipinski definition) is 2. The van der Waals surface area contributed by atoms with Gasteiger partial charge >= 0.3 is 0 Å². The molecule has 0 aliphatic heterocycles. The van der Waals surface area contributed by atoms with Gasteiger partial charge in [0.1, 0.15) is 5.60 Å². The molecule has 0 amide bonds. The fourth-order valence-corrected chi connectivity index (χ4v) is 0.968. The number of aliphatic hydroxyl groups is 2. The maximum Gasteiger partial charge on any atom is 0.184 e. The number of carbonyl (C=O) groups is 2. The van der Waals surface area contributed by atoms with Gasteiger partial charge in [-0.3, -0.25) is 9.59 Å². The van der Waals surface area contributed by atoms with Crippen LogP contribution in [0.3, 0.4) is 0 Å². The quantitative estimate of drug-likeness (QED) is 0.325. The minimum Gasteiger partial charge on any atom is -0.515 e. The molecule has 0 radical (unpaired) electrons. The van der Waals surface area contributed by atoms with Gasteiger partial charge in [-0.25, -0.2) is 0 Å². The number of carbonyl (C=O) groups excluding carboxylic acids is 2. The number of hydrogen-bond acceptors (Lipinski definition) is 4. The van der Waals surface area contributed by atoms with Crippen LogP contribution in [0.2, 0.25) is 0 Å². The first-order valence-electron chi connectivity index (χ1n) is 3.37. The van der Waals surface area contributed by atoms with E-state index in [4.69, 9.17) is 5.11 Å². The summed E-state index contributed by atoms with van der Waals surface area (Å²) in [5.74, 6) is -0.385. The van der Waals surface area contributed by atoms with Gasteiger partial charge in [-0.05, 0) is 12.2 Å². The molecule has 4 nitrogen and oxygen atoms in total. The fourth-order valence-electron chi connectivity index (χ4n) is 0.968. The van der Waals surface area contributed by atoms with Gasteiger partial charge in [0.05, 0.1) is 6.26 Å². The Kier molecular flexibility index (Phi) is 2.10. The minimum atomic E-state index is -1.64. The molecule has 1 atom stereocenters. The Balaban J connectivity index is 3.00. The summed E-state index contributed by atoms with van der Waals surface area (Å²) >= 11 is 0. The molecule has 0 heterocycles. The molecule has 1 rings (SSSR count).